The van der Waals surface area contributed by atoms with E-state index in [0.717, 1.165) is 5.56 Å². The van der Waals surface area contributed by atoms with Crippen LogP contribution < -0.4 is 10.1 Å². The summed E-state index contributed by atoms with van der Waals surface area (Å²) in [4.78, 5) is 2.29. The van der Waals surface area contributed by atoms with Crippen molar-refractivity contribution in [2.24, 2.45) is 0 Å². The molecular weight excluding hydrogens is 382 g/mol. The van der Waals surface area contributed by atoms with Gasteiger partial charge in [-0.25, -0.2) is 8.42 Å². The number of nitrogens with zero attached hydrogens (tertiary/aromatic N) is 2. The van der Waals surface area contributed by atoms with Gasteiger partial charge in [0.1, 0.15) is 5.75 Å². The van der Waals surface area contributed by atoms with Crippen LogP contribution in [0.3, 0.4) is 0 Å². The molecule has 3 rings (SSSR count). The highest BCUT2D eigenvalue weighted by Gasteiger charge is 2.29. The smallest absolute Gasteiger partial charge is 0.243 e. The van der Waals surface area contributed by atoms with Crippen LogP contribution in [0.2, 0.25) is 0 Å². The quantitative estimate of drug-likeness (QED) is 0.769. The fraction of sp³-hybridized carbons (Fsp3) is 0.316. The van der Waals surface area contributed by atoms with Crippen LogP contribution >= 0.6 is 12.2 Å². The first-order chi connectivity index (χ1) is 13.0. The maximum atomic E-state index is 12.8. The van der Waals surface area contributed by atoms with Gasteiger partial charge in [-0.15, -0.1) is 0 Å². The van der Waals surface area contributed by atoms with Crippen LogP contribution in [0.4, 0.5) is 0 Å². The Morgan fingerprint density at radius 3 is 2.26 bits per heavy atom. The molecule has 144 valence electrons. The van der Waals surface area contributed by atoms with E-state index in [1.54, 1.807) is 31.4 Å². The van der Waals surface area contributed by atoms with Gasteiger partial charge in [0.15, 0.2) is 5.11 Å². The van der Waals surface area contributed by atoms with Gasteiger partial charge in [0, 0.05) is 32.7 Å². The normalized spacial score (nSPS) is 15.4. The number of hydrogen-bond donors (Lipinski definition) is 1. The average molecular weight is 406 g/mol. The second-order valence-electron chi connectivity index (χ2n) is 6.21. The van der Waals surface area contributed by atoms with Crippen molar-refractivity contribution in [3.63, 3.8) is 0 Å². The Balaban J connectivity index is 1.55. The predicted octanol–water partition coefficient (Wildman–Crippen LogP) is 2.08. The summed E-state index contributed by atoms with van der Waals surface area (Å²) in [6, 6.07) is 16.5. The van der Waals surface area contributed by atoms with E-state index in [-0.39, 0.29) is 4.90 Å². The molecule has 1 aliphatic rings. The van der Waals surface area contributed by atoms with Crippen LogP contribution in [-0.2, 0) is 16.6 Å². The lowest BCUT2D eigenvalue weighted by molar-refractivity contribution is 0.264. The molecule has 1 N–H and O–H groups in total. The molecule has 1 fully saturated rings. The van der Waals surface area contributed by atoms with E-state index in [9.17, 15) is 8.42 Å². The van der Waals surface area contributed by atoms with Crippen molar-refractivity contribution in [2.45, 2.75) is 11.4 Å². The van der Waals surface area contributed by atoms with Crippen molar-refractivity contribution >= 4 is 27.4 Å². The minimum atomic E-state index is -3.50. The summed E-state index contributed by atoms with van der Waals surface area (Å²) in [7, 11) is -1.95. The molecular formula is C19H23N3O3S2. The first-order valence-corrected chi connectivity index (χ1v) is 10.6. The van der Waals surface area contributed by atoms with Crippen LogP contribution in [-0.4, -0.2) is 56.0 Å². The Morgan fingerprint density at radius 1 is 1.04 bits per heavy atom. The number of methoxy groups -OCH3 is 1. The van der Waals surface area contributed by atoms with Crippen LogP contribution in [0.5, 0.6) is 5.75 Å². The maximum absolute atomic E-state index is 12.8. The third-order valence-electron chi connectivity index (χ3n) is 4.51. The molecule has 0 spiro atoms. The van der Waals surface area contributed by atoms with Crippen LogP contribution in [0.25, 0.3) is 0 Å². The Morgan fingerprint density at radius 2 is 1.67 bits per heavy atom. The van der Waals surface area contributed by atoms with Gasteiger partial charge in [-0.1, -0.05) is 30.3 Å². The molecule has 0 aromatic heterocycles. The van der Waals surface area contributed by atoms with Crippen LogP contribution in [0.15, 0.2) is 59.5 Å². The van der Waals surface area contributed by atoms with E-state index in [1.807, 2.05) is 35.2 Å². The molecule has 1 aliphatic heterocycles. The number of benzene rings is 2. The molecule has 1 saturated heterocycles. The van der Waals surface area contributed by atoms with Crippen molar-refractivity contribution in [3.05, 3.63) is 60.2 Å². The molecule has 0 saturated carbocycles. The lowest BCUT2D eigenvalue weighted by atomic mass is 10.2. The van der Waals surface area contributed by atoms with Crippen molar-refractivity contribution in [2.75, 3.05) is 33.3 Å². The second-order valence-corrected chi connectivity index (χ2v) is 8.54. The Labute approximate surface area is 165 Å². The monoisotopic (exact) mass is 405 g/mol. The van der Waals surface area contributed by atoms with E-state index in [1.165, 1.54) is 4.31 Å². The van der Waals surface area contributed by atoms with E-state index in [0.29, 0.717) is 43.6 Å². The fourth-order valence-electron chi connectivity index (χ4n) is 2.91. The molecule has 0 bridgehead atoms. The lowest BCUT2D eigenvalue weighted by Crippen LogP contribution is -2.52. The van der Waals surface area contributed by atoms with Crippen molar-refractivity contribution in [1.82, 2.24) is 14.5 Å². The van der Waals surface area contributed by atoms with Gasteiger partial charge in [0.2, 0.25) is 10.0 Å². The minimum absolute atomic E-state index is 0.279. The van der Waals surface area contributed by atoms with Crippen LogP contribution in [0, 0.1) is 0 Å². The van der Waals surface area contributed by atoms with E-state index >= 15 is 0 Å². The number of rotatable bonds is 5. The third kappa shape index (κ3) is 4.77. The summed E-state index contributed by atoms with van der Waals surface area (Å²) >= 11 is 5.46. The summed E-state index contributed by atoms with van der Waals surface area (Å²) in [5, 5.41) is 3.90. The molecule has 1 heterocycles. The van der Waals surface area contributed by atoms with Crippen LogP contribution in [0.1, 0.15) is 5.56 Å². The summed E-state index contributed by atoms with van der Waals surface area (Å²) in [6.07, 6.45) is 0. The molecule has 0 radical (unpaired) electrons. The topological polar surface area (TPSA) is 61.9 Å². The summed E-state index contributed by atoms with van der Waals surface area (Å²) in [5.41, 5.74) is 1.15. The molecule has 0 amide bonds. The Hall–Kier alpha value is -2.16. The van der Waals surface area contributed by atoms with E-state index < -0.39 is 10.0 Å². The molecule has 6 nitrogen and oxygen atoms in total. The second kappa shape index (κ2) is 8.69. The van der Waals surface area contributed by atoms with Gasteiger partial charge < -0.3 is 15.0 Å². The number of piperazine rings is 1. The lowest BCUT2D eigenvalue weighted by Gasteiger charge is -2.35. The average Bonchev–Trinajstić information content (AvgIpc) is 2.73. The highest BCUT2D eigenvalue weighted by Crippen LogP contribution is 2.20. The number of sulfonamides is 1. The number of hydrogen-bond acceptors (Lipinski definition) is 4. The zero-order chi connectivity index (χ0) is 19.3. The molecule has 27 heavy (non-hydrogen) atoms. The first-order valence-electron chi connectivity index (χ1n) is 8.71. The number of nitrogens with one attached hydrogen (secondary N) is 1. The zero-order valence-corrected chi connectivity index (χ0v) is 16.8. The van der Waals surface area contributed by atoms with E-state index in [4.69, 9.17) is 17.0 Å². The summed E-state index contributed by atoms with van der Waals surface area (Å²) in [5.74, 6) is 0.633. The molecule has 8 heteroatoms. The number of ether oxygens (including phenoxy) is 1. The molecule has 0 atom stereocenters. The van der Waals surface area contributed by atoms with Crippen molar-refractivity contribution in [1.29, 1.82) is 0 Å². The van der Waals surface area contributed by atoms with Gasteiger partial charge in [0.25, 0.3) is 0 Å². The summed E-state index contributed by atoms with van der Waals surface area (Å²) in [6.45, 7) is 2.60. The third-order valence-corrected chi connectivity index (χ3v) is 6.83. The van der Waals surface area contributed by atoms with Crippen molar-refractivity contribution in [3.8, 4) is 5.75 Å². The van der Waals surface area contributed by atoms with Gasteiger partial charge in [0.05, 0.1) is 12.0 Å². The molecule has 2 aromatic rings. The first kappa shape index (κ1) is 19.6. The maximum Gasteiger partial charge on any atom is 0.243 e. The fourth-order valence-corrected chi connectivity index (χ4v) is 4.59. The van der Waals surface area contributed by atoms with Gasteiger partial charge >= 0.3 is 0 Å². The highest BCUT2D eigenvalue weighted by molar-refractivity contribution is 7.89. The predicted molar refractivity (Wildman–Crippen MR) is 109 cm³/mol. The van der Waals surface area contributed by atoms with Gasteiger partial charge in [-0.05, 0) is 42.0 Å². The number of thiocarbonyl (C=S) groups is 1. The van der Waals surface area contributed by atoms with E-state index in [2.05, 4.69) is 5.32 Å². The van der Waals surface area contributed by atoms with Crippen molar-refractivity contribution < 1.29 is 13.2 Å². The summed E-state index contributed by atoms with van der Waals surface area (Å²) < 4.78 is 32.2. The Bertz CT molecular complexity index is 863. The SMILES string of the molecule is COc1ccc(S(=O)(=O)N2CCN(C(=S)NCc3ccccc3)CC2)cc1. The van der Waals surface area contributed by atoms with Gasteiger partial charge in [-0.2, -0.15) is 4.31 Å². The largest absolute Gasteiger partial charge is 0.497 e. The Kier molecular flexibility index (Phi) is 6.30. The zero-order valence-electron chi connectivity index (χ0n) is 15.2. The minimum Gasteiger partial charge on any atom is -0.497 e. The standard InChI is InChI=1S/C19H23N3O3S2/c1-25-17-7-9-18(10-8-17)27(23,24)22-13-11-21(12-14-22)19(26)20-15-16-5-3-2-4-6-16/h2-10H,11-15H2,1H3,(H,20,26). The molecule has 2 aromatic carbocycles. The molecule has 0 unspecified atom stereocenters. The molecule has 0 aliphatic carbocycles. The van der Waals surface area contributed by atoms with Gasteiger partial charge in [-0.3, -0.25) is 0 Å². The highest BCUT2D eigenvalue weighted by atomic mass is 32.2.